The number of rotatable bonds is 6. The fourth-order valence-electron chi connectivity index (χ4n) is 1.81. The molecule has 2 aromatic rings. The molecule has 0 aliphatic rings. The highest BCUT2D eigenvalue weighted by Crippen LogP contribution is 2.32. The number of nitrogens with one attached hydrogen (secondary N) is 1. The fraction of sp³-hybridized carbons (Fsp3) is 0.455. The summed E-state index contributed by atoms with van der Waals surface area (Å²) in [5.41, 5.74) is 6.51. The van der Waals surface area contributed by atoms with Gasteiger partial charge in [0, 0.05) is 13.2 Å². The van der Waals surface area contributed by atoms with Gasteiger partial charge in [0.2, 0.25) is 0 Å². The summed E-state index contributed by atoms with van der Waals surface area (Å²) in [5.74, 6) is 0.125. The van der Waals surface area contributed by atoms with Crippen molar-refractivity contribution in [1.29, 1.82) is 0 Å². The molecule has 0 aliphatic heterocycles. The molecule has 3 N–H and O–H groups in total. The van der Waals surface area contributed by atoms with Crippen molar-refractivity contribution < 1.29 is 8.42 Å². The van der Waals surface area contributed by atoms with Gasteiger partial charge in [0.1, 0.15) is 9.90 Å². The van der Waals surface area contributed by atoms with Crippen molar-refractivity contribution in [2.75, 3.05) is 16.8 Å². The second kappa shape index (κ2) is 5.80. The number of sulfone groups is 1. The molecular formula is C11H17N5O2S2. The third-order valence-electron chi connectivity index (χ3n) is 2.66. The first-order chi connectivity index (χ1) is 9.44. The molecule has 0 radical (unpaired) electrons. The minimum Gasteiger partial charge on any atom is -0.382 e. The summed E-state index contributed by atoms with van der Waals surface area (Å²) in [6.07, 6.45) is 2.37. The van der Waals surface area contributed by atoms with E-state index in [4.69, 9.17) is 5.73 Å². The predicted molar refractivity (Wildman–Crippen MR) is 79.4 cm³/mol. The van der Waals surface area contributed by atoms with Crippen molar-refractivity contribution in [3.05, 3.63) is 18.0 Å². The zero-order chi connectivity index (χ0) is 14.8. The van der Waals surface area contributed by atoms with Crippen molar-refractivity contribution in [1.82, 2.24) is 14.2 Å². The van der Waals surface area contributed by atoms with Gasteiger partial charge in [-0.05, 0) is 24.0 Å². The average Bonchev–Trinajstić information content (AvgIpc) is 2.93. The molecule has 0 unspecified atom stereocenters. The minimum absolute atomic E-state index is 0.0620. The quantitative estimate of drug-likeness (QED) is 0.831. The lowest BCUT2D eigenvalue weighted by molar-refractivity contribution is 0.595. The van der Waals surface area contributed by atoms with E-state index in [-0.39, 0.29) is 16.5 Å². The molecule has 20 heavy (non-hydrogen) atoms. The van der Waals surface area contributed by atoms with Gasteiger partial charge in [0.25, 0.3) is 0 Å². The van der Waals surface area contributed by atoms with E-state index >= 15 is 0 Å². The Balaban J connectivity index is 2.21. The SMILES string of the molecule is CCCS(=O)(=O)c1c(N)nsc1NCc1ccn(C)n1. The molecule has 7 nitrogen and oxygen atoms in total. The van der Waals surface area contributed by atoms with Gasteiger partial charge in [0.15, 0.2) is 15.7 Å². The van der Waals surface area contributed by atoms with Crippen LogP contribution in [0.5, 0.6) is 0 Å². The summed E-state index contributed by atoms with van der Waals surface area (Å²) in [5, 5.41) is 7.74. The highest BCUT2D eigenvalue weighted by molar-refractivity contribution is 7.91. The lowest BCUT2D eigenvalue weighted by Crippen LogP contribution is -2.10. The number of hydrogen-bond donors (Lipinski definition) is 2. The van der Waals surface area contributed by atoms with Crippen molar-refractivity contribution >= 4 is 32.2 Å². The summed E-state index contributed by atoms with van der Waals surface area (Å²) in [7, 11) is -1.57. The first-order valence-corrected chi connectivity index (χ1v) is 8.57. The van der Waals surface area contributed by atoms with E-state index in [1.54, 1.807) is 4.68 Å². The Morgan fingerprint density at radius 3 is 2.85 bits per heavy atom. The Labute approximate surface area is 121 Å². The predicted octanol–water partition coefficient (Wildman–Crippen LogP) is 1.25. The first-order valence-electron chi connectivity index (χ1n) is 6.14. The van der Waals surface area contributed by atoms with Gasteiger partial charge in [-0.3, -0.25) is 4.68 Å². The van der Waals surface area contributed by atoms with Crippen LogP contribution in [-0.2, 0) is 23.4 Å². The monoisotopic (exact) mass is 315 g/mol. The Hall–Kier alpha value is -1.61. The number of nitrogens with zero attached hydrogens (tertiary/aromatic N) is 3. The zero-order valence-corrected chi connectivity index (χ0v) is 13.0. The second-order valence-electron chi connectivity index (χ2n) is 4.38. The van der Waals surface area contributed by atoms with E-state index in [1.165, 1.54) is 0 Å². The fourth-order valence-corrected chi connectivity index (χ4v) is 4.42. The zero-order valence-electron chi connectivity index (χ0n) is 11.3. The highest BCUT2D eigenvalue weighted by Gasteiger charge is 2.24. The molecule has 0 bridgehead atoms. The Kier molecular flexibility index (Phi) is 4.29. The van der Waals surface area contributed by atoms with Crippen molar-refractivity contribution in [3.8, 4) is 0 Å². The highest BCUT2D eigenvalue weighted by atomic mass is 32.2. The third-order valence-corrected chi connectivity index (χ3v) is 5.59. The number of nitrogen functional groups attached to an aromatic ring is 1. The lowest BCUT2D eigenvalue weighted by Gasteiger charge is -2.06. The normalized spacial score (nSPS) is 11.7. The lowest BCUT2D eigenvalue weighted by atomic mass is 10.4. The van der Waals surface area contributed by atoms with Gasteiger partial charge in [-0.2, -0.15) is 9.47 Å². The molecule has 0 amide bonds. The largest absolute Gasteiger partial charge is 0.382 e. The smallest absolute Gasteiger partial charge is 0.185 e. The van der Waals surface area contributed by atoms with Gasteiger partial charge < -0.3 is 11.1 Å². The molecule has 110 valence electrons. The molecule has 0 saturated heterocycles. The van der Waals surface area contributed by atoms with Gasteiger partial charge in [0.05, 0.1) is 18.0 Å². The molecule has 0 fully saturated rings. The van der Waals surface area contributed by atoms with E-state index < -0.39 is 9.84 Å². The van der Waals surface area contributed by atoms with Gasteiger partial charge in [-0.1, -0.05) is 6.92 Å². The van der Waals surface area contributed by atoms with Crippen LogP contribution in [0.2, 0.25) is 0 Å². The maximum atomic E-state index is 12.2. The number of aryl methyl sites for hydroxylation is 1. The molecule has 0 aliphatic carbocycles. The van der Waals surface area contributed by atoms with Crippen LogP contribution in [0.4, 0.5) is 10.8 Å². The molecule has 9 heteroatoms. The van der Waals surface area contributed by atoms with Crippen LogP contribution >= 0.6 is 11.5 Å². The first kappa shape index (κ1) is 14.8. The maximum Gasteiger partial charge on any atom is 0.185 e. The number of anilines is 2. The van der Waals surface area contributed by atoms with Crippen LogP contribution < -0.4 is 11.1 Å². The van der Waals surface area contributed by atoms with Gasteiger partial charge >= 0.3 is 0 Å². The van der Waals surface area contributed by atoms with Crippen molar-refractivity contribution in [2.45, 2.75) is 24.8 Å². The van der Waals surface area contributed by atoms with E-state index in [2.05, 4.69) is 14.8 Å². The molecule has 0 spiro atoms. The van der Waals surface area contributed by atoms with E-state index in [1.807, 2.05) is 26.2 Å². The Morgan fingerprint density at radius 2 is 2.25 bits per heavy atom. The second-order valence-corrected chi connectivity index (χ2v) is 7.20. The summed E-state index contributed by atoms with van der Waals surface area (Å²) >= 11 is 1.06. The van der Waals surface area contributed by atoms with Crippen LogP contribution in [0.1, 0.15) is 19.0 Å². The Bertz CT molecular complexity index is 689. The summed E-state index contributed by atoms with van der Waals surface area (Å²) in [6.45, 7) is 2.24. The molecule has 2 rings (SSSR count). The van der Waals surface area contributed by atoms with Crippen LogP contribution in [-0.4, -0.2) is 28.3 Å². The van der Waals surface area contributed by atoms with Crippen LogP contribution in [0, 0.1) is 0 Å². The maximum absolute atomic E-state index is 12.2. The number of nitrogens with two attached hydrogens (primary N) is 1. The Morgan fingerprint density at radius 1 is 1.50 bits per heavy atom. The van der Waals surface area contributed by atoms with Crippen LogP contribution in [0.3, 0.4) is 0 Å². The number of aromatic nitrogens is 3. The molecule has 2 heterocycles. The summed E-state index contributed by atoms with van der Waals surface area (Å²) < 4.78 is 30.0. The summed E-state index contributed by atoms with van der Waals surface area (Å²) in [4.78, 5) is 0.111. The molecule has 0 atom stereocenters. The topological polar surface area (TPSA) is 103 Å². The van der Waals surface area contributed by atoms with E-state index in [9.17, 15) is 8.42 Å². The minimum atomic E-state index is -3.39. The number of hydrogen-bond acceptors (Lipinski definition) is 7. The molecule has 0 aromatic carbocycles. The molecule has 2 aromatic heterocycles. The van der Waals surface area contributed by atoms with Gasteiger partial charge in [-0.15, -0.1) is 0 Å². The van der Waals surface area contributed by atoms with Gasteiger partial charge in [-0.25, -0.2) is 8.42 Å². The van der Waals surface area contributed by atoms with Crippen molar-refractivity contribution in [3.63, 3.8) is 0 Å². The standard InChI is InChI=1S/C11H17N5O2S2/c1-3-6-20(17,18)9-10(12)15-19-11(9)13-7-8-4-5-16(2)14-8/h4-5,13H,3,6-7H2,1-2H3,(H2,12,15). The van der Waals surface area contributed by atoms with E-state index in [0.29, 0.717) is 18.0 Å². The molecular weight excluding hydrogens is 298 g/mol. The summed E-state index contributed by atoms with van der Waals surface area (Å²) in [6, 6.07) is 1.86. The average molecular weight is 315 g/mol. The van der Waals surface area contributed by atoms with Crippen molar-refractivity contribution in [2.24, 2.45) is 7.05 Å². The van der Waals surface area contributed by atoms with E-state index in [0.717, 1.165) is 17.2 Å². The van der Waals surface area contributed by atoms with Crippen LogP contribution in [0.25, 0.3) is 0 Å². The molecule has 0 saturated carbocycles. The third kappa shape index (κ3) is 3.10. The van der Waals surface area contributed by atoms with Crippen LogP contribution in [0.15, 0.2) is 17.2 Å².